The summed E-state index contributed by atoms with van der Waals surface area (Å²) in [6.07, 6.45) is 0. The van der Waals surface area contributed by atoms with Crippen molar-refractivity contribution in [3.63, 3.8) is 0 Å². The molecule has 0 amide bonds. The summed E-state index contributed by atoms with van der Waals surface area (Å²) >= 11 is 0. The van der Waals surface area contributed by atoms with Crippen molar-refractivity contribution in [2.75, 3.05) is 20.3 Å². The minimum absolute atomic E-state index is 0.119. The van der Waals surface area contributed by atoms with Crippen LogP contribution in [0.25, 0.3) is 16.6 Å². The maximum absolute atomic E-state index is 13.8. The number of carbonyl (C=O) groups excluding carboxylic acids is 1. The van der Waals surface area contributed by atoms with Crippen molar-refractivity contribution in [3.8, 4) is 11.4 Å². The predicted molar refractivity (Wildman–Crippen MR) is 158 cm³/mol. The minimum Gasteiger partial charge on any atom is -0.482 e. The zero-order valence-electron chi connectivity index (χ0n) is 24.1. The molecule has 4 rings (SSSR count). The fourth-order valence-electron chi connectivity index (χ4n) is 4.38. The van der Waals surface area contributed by atoms with Crippen LogP contribution in [0.1, 0.15) is 52.0 Å². The van der Waals surface area contributed by atoms with Gasteiger partial charge in [0.25, 0.3) is 5.56 Å². The van der Waals surface area contributed by atoms with Gasteiger partial charge in [-0.15, -0.1) is 0 Å². The number of carbonyl (C=O) groups is 1. The molecule has 10 heteroatoms. The van der Waals surface area contributed by atoms with E-state index in [9.17, 15) is 18.0 Å². The van der Waals surface area contributed by atoms with Gasteiger partial charge >= 0.3 is 5.97 Å². The first-order chi connectivity index (χ1) is 19.3. The molecule has 0 bridgehead atoms. The van der Waals surface area contributed by atoms with Gasteiger partial charge < -0.3 is 9.47 Å². The molecule has 3 aromatic carbocycles. The number of rotatable bonds is 9. The van der Waals surface area contributed by atoms with E-state index in [-0.39, 0.29) is 34.9 Å². The molecule has 0 aliphatic heterocycles. The number of aromatic nitrogens is 2. The van der Waals surface area contributed by atoms with E-state index >= 15 is 0 Å². The molecule has 1 heterocycles. The summed E-state index contributed by atoms with van der Waals surface area (Å²) in [5.41, 5.74) is 1.50. The SMILES string of the molecule is CCOC(=O)COc1ccc(-n2c(C(C)N(C)S(=O)(=O)c3ccc(C(C)(C)C)cc3)nc3ccccc3c2=O)cc1. The molecule has 41 heavy (non-hydrogen) atoms. The second-order valence-electron chi connectivity index (χ2n) is 10.7. The first-order valence-corrected chi connectivity index (χ1v) is 14.8. The van der Waals surface area contributed by atoms with Crippen LogP contribution in [0, 0.1) is 0 Å². The number of para-hydroxylation sites is 1. The number of nitrogens with zero attached hydrogens (tertiary/aromatic N) is 3. The molecule has 0 saturated heterocycles. The van der Waals surface area contributed by atoms with Gasteiger partial charge in [-0.2, -0.15) is 4.31 Å². The zero-order chi connectivity index (χ0) is 29.9. The van der Waals surface area contributed by atoms with Crippen LogP contribution < -0.4 is 10.3 Å². The highest BCUT2D eigenvalue weighted by molar-refractivity contribution is 7.89. The number of fused-ring (bicyclic) bond motifs is 1. The maximum atomic E-state index is 13.8. The van der Waals surface area contributed by atoms with Gasteiger partial charge in [0, 0.05) is 7.05 Å². The number of hydrogen-bond donors (Lipinski definition) is 0. The Morgan fingerprint density at radius 3 is 2.24 bits per heavy atom. The van der Waals surface area contributed by atoms with Crippen molar-refractivity contribution in [3.05, 3.63) is 94.5 Å². The van der Waals surface area contributed by atoms with Gasteiger partial charge in [0.1, 0.15) is 11.6 Å². The third kappa shape index (κ3) is 6.34. The molecule has 0 aliphatic carbocycles. The lowest BCUT2D eigenvalue weighted by atomic mass is 9.87. The summed E-state index contributed by atoms with van der Waals surface area (Å²) in [5, 5.41) is 0.398. The molecule has 0 spiro atoms. The van der Waals surface area contributed by atoms with Gasteiger partial charge in [-0.1, -0.05) is 45.0 Å². The van der Waals surface area contributed by atoms with Crippen LogP contribution in [0.15, 0.2) is 82.5 Å². The number of hydrogen-bond acceptors (Lipinski definition) is 7. The third-order valence-corrected chi connectivity index (χ3v) is 8.82. The Balaban J connectivity index is 1.74. The molecule has 1 aromatic heterocycles. The molecule has 0 radical (unpaired) electrons. The van der Waals surface area contributed by atoms with E-state index in [0.717, 1.165) is 5.56 Å². The molecule has 0 aliphatic rings. The molecule has 0 saturated carbocycles. The monoisotopic (exact) mass is 577 g/mol. The second-order valence-corrected chi connectivity index (χ2v) is 12.7. The molecule has 0 N–H and O–H groups in total. The van der Waals surface area contributed by atoms with Crippen molar-refractivity contribution >= 4 is 26.9 Å². The molecular weight excluding hydrogens is 542 g/mol. The van der Waals surface area contributed by atoms with Crippen LogP contribution in [0.2, 0.25) is 0 Å². The normalized spacial score (nSPS) is 12.9. The Labute approximate surface area is 240 Å². The minimum atomic E-state index is -3.93. The molecular formula is C31H35N3O6S. The average Bonchev–Trinajstić information content (AvgIpc) is 2.95. The Hall–Kier alpha value is -4.02. The highest BCUT2D eigenvalue weighted by Gasteiger charge is 2.30. The molecule has 1 atom stereocenters. The van der Waals surface area contributed by atoms with Gasteiger partial charge in [-0.25, -0.2) is 18.2 Å². The van der Waals surface area contributed by atoms with E-state index in [4.69, 9.17) is 14.5 Å². The second kappa shape index (κ2) is 11.8. The standard InChI is InChI=1S/C31H35N3O6S/c1-7-39-28(35)20-40-24-16-14-23(15-17-24)34-29(32-27-11-9-8-10-26(27)30(34)36)21(2)33(6)41(37,38)25-18-12-22(13-19-25)31(3,4)5/h8-19,21H,7,20H2,1-6H3. The summed E-state index contributed by atoms with van der Waals surface area (Å²) in [4.78, 5) is 30.3. The number of ether oxygens (including phenoxy) is 2. The van der Waals surface area contributed by atoms with E-state index in [0.29, 0.717) is 22.3 Å². The quantitative estimate of drug-likeness (QED) is 0.258. The largest absolute Gasteiger partial charge is 0.482 e. The lowest BCUT2D eigenvalue weighted by molar-refractivity contribution is -0.145. The lowest BCUT2D eigenvalue weighted by Crippen LogP contribution is -2.35. The maximum Gasteiger partial charge on any atom is 0.344 e. The topological polar surface area (TPSA) is 108 Å². The van der Waals surface area contributed by atoms with Gasteiger partial charge in [0.15, 0.2) is 6.61 Å². The van der Waals surface area contributed by atoms with E-state index in [2.05, 4.69) is 20.8 Å². The van der Waals surface area contributed by atoms with Crippen LogP contribution >= 0.6 is 0 Å². The molecule has 4 aromatic rings. The van der Waals surface area contributed by atoms with E-state index in [1.54, 1.807) is 74.5 Å². The summed E-state index contributed by atoms with van der Waals surface area (Å²) in [6.45, 7) is 9.62. The fraction of sp³-hybridized carbons (Fsp3) is 0.323. The van der Waals surface area contributed by atoms with Gasteiger partial charge in [-0.05, 0) is 73.4 Å². The van der Waals surface area contributed by atoms with Crippen molar-refractivity contribution in [1.82, 2.24) is 13.9 Å². The first kappa shape index (κ1) is 30.0. The van der Waals surface area contributed by atoms with Crippen LogP contribution in [0.3, 0.4) is 0 Å². The fourth-order valence-corrected chi connectivity index (χ4v) is 5.70. The number of sulfonamides is 1. The highest BCUT2D eigenvalue weighted by atomic mass is 32.2. The van der Waals surface area contributed by atoms with Crippen LogP contribution in [-0.4, -0.2) is 48.5 Å². The van der Waals surface area contributed by atoms with E-state index in [1.807, 2.05) is 12.1 Å². The van der Waals surface area contributed by atoms with Crippen molar-refractivity contribution in [2.45, 2.75) is 51.0 Å². The predicted octanol–water partition coefficient (Wildman–Crippen LogP) is 5.01. The Morgan fingerprint density at radius 2 is 1.63 bits per heavy atom. The van der Waals surface area contributed by atoms with Crippen LogP contribution in [0.4, 0.5) is 0 Å². The van der Waals surface area contributed by atoms with Crippen molar-refractivity contribution in [1.29, 1.82) is 0 Å². The summed E-state index contributed by atoms with van der Waals surface area (Å²) in [5.74, 6) is 0.183. The highest BCUT2D eigenvalue weighted by Crippen LogP contribution is 2.29. The molecule has 9 nitrogen and oxygen atoms in total. The smallest absolute Gasteiger partial charge is 0.344 e. The molecule has 0 fully saturated rings. The first-order valence-electron chi connectivity index (χ1n) is 13.3. The van der Waals surface area contributed by atoms with Crippen LogP contribution in [-0.2, 0) is 25.0 Å². The molecule has 1 unspecified atom stereocenters. The number of benzene rings is 3. The van der Waals surface area contributed by atoms with E-state index < -0.39 is 22.0 Å². The Bertz CT molecular complexity index is 1710. The van der Waals surface area contributed by atoms with Gasteiger partial charge in [0.2, 0.25) is 10.0 Å². The van der Waals surface area contributed by atoms with Crippen LogP contribution in [0.5, 0.6) is 5.75 Å². The average molecular weight is 578 g/mol. The summed E-state index contributed by atoms with van der Waals surface area (Å²) in [6, 6.07) is 19.6. The molecule has 216 valence electrons. The lowest BCUT2D eigenvalue weighted by Gasteiger charge is -2.27. The Morgan fingerprint density at radius 1 is 1.00 bits per heavy atom. The van der Waals surface area contributed by atoms with E-state index in [1.165, 1.54) is 15.9 Å². The van der Waals surface area contributed by atoms with Crippen molar-refractivity contribution < 1.29 is 22.7 Å². The zero-order valence-corrected chi connectivity index (χ0v) is 24.9. The van der Waals surface area contributed by atoms with Crippen molar-refractivity contribution in [2.24, 2.45) is 0 Å². The van der Waals surface area contributed by atoms with Gasteiger partial charge in [0.05, 0.1) is 34.1 Å². The Kier molecular flexibility index (Phi) is 8.65. The number of esters is 1. The van der Waals surface area contributed by atoms with Gasteiger partial charge in [-0.3, -0.25) is 9.36 Å². The summed E-state index contributed by atoms with van der Waals surface area (Å²) < 4.78 is 40.4. The summed E-state index contributed by atoms with van der Waals surface area (Å²) in [7, 11) is -2.44. The third-order valence-electron chi connectivity index (χ3n) is 6.87.